The van der Waals surface area contributed by atoms with Gasteiger partial charge in [0.25, 0.3) is 0 Å². The number of aliphatic imine (C=N–C) groups is 2. The van der Waals surface area contributed by atoms with E-state index >= 15 is 0 Å². The van der Waals surface area contributed by atoms with E-state index in [0.717, 1.165) is 36.9 Å². The Hall–Kier alpha value is -1.63. The molecule has 7 heteroatoms. The van der Waals surface area contributed by atoms with Crippen molar-refractivity contribution in [2.24, 2.45) is 21.5 Å². The van der Waals surface area contributed by atoms with E-state index in [-0.39, 0.29) is 11.8 Å². The molecule has 0 aromatic heterocycles. The maximum Gasteiger partial charge on any atom is 0.220 e. The van der Waals surface area contributed by atoms with Crippen LogP contribution >= 0.6 is 15.9 Å². The Morgan fingerprint density at radius 3 is 2.59 bits per heavy atom. The van der Waals surface area contributed by atoms with Gasteiger partial charge in [-0.25, -0.2) is 9.38 Å². The number of guanidine groups is 2. The minimum atomic E-state index is -0.504. The van der Waals surface area contributed by atoms with Gasteiger partial charge in [-0.05, 0) is 66.2 Å². The van der Waals surface area contributed by atoms with Gasteiger partial charge < -0.3 is 11.5 Å². The highest BCUT2D eigenvalue weighted by Gasteiger charge is 2.43. The van der Waals surface area contributed by atoms with Crippen molar-refractivity contribution in [3.63, 3.8) is 0 Å². The van der Waals surface area contributed by atoms with E-state index < -0.39 is 5.66 Å². The summed E-state index contributed by atoms with van der Waals surface area (Å²) in [5, 5.41) is 0. The minimum Gasteiger partial charge on any atom is -0.369 e. The molecular formula is C15H19BrFN5. The lowest BCUT2D eigenvalue weighted by molar-refractivity contribution is 0.305. The van der Waals surface area contributed by atoms with Crippen molar-refractivity contribution < 1.29 is 4.39 Å². The maximum absolute atomic E-state index is 13.7. The van der Waals surface area contributed by atoms with Gasteiger partial charge in [0.05, 0.1) is 10.2 Å². The normalized spacial score (nSPS) is 20.8. The van der Waals surface area contributed by atoms with E-state index in [1.165, 1.54) is 12.5 Å². The van der Waals surface area contributed by atoms with Crippen molar-refractivity contribution >= 4 is 33.5 Å². The highest BCUT2D eigenvalue weighted by Crippen LogP contribution is 2.41. The molecule has 0 saturated heterocycles. The van der Waals surface area contributed by atoms with Crippen LogP contribution in [0, 0.1) is 12.7 Å². The van der Waals surface area contributed by atoms with Crippen molar-refractivity contribution in [2.75, 3.05) is 4.90 Å². The molecule has 0 radical (unpaired) electrons. The molecule has 2 aliphatic rings. The monoisotopic (exact) mass is 367 g/mol. The number of nitrogens with zero attached hydrogens (tertiary/aromatic N) is 3. The first-order chi connectivity index (χ1) is 10.4. The Morgan fingerprint density at radius 1 is 1.23 bits per heavy atom. The van der Waals surface area contributed by atoms with Crippen LogP contribution in [0.5, 0.6) is 0 Å². The Labute approximate surface area is 137 Å². The molecule has 1 heterocycles. The van der Waals surface area contributed by atoms with Crippen LogP contribution in [0.25, 0.3) is 0 Å². The second-order valence-electron chi connectivity index (χ2n) is 5.82. The molecule has 22 heavy (non-hydrogen) atoms. The van der Waals surface area contributed by atoms with Crippen molar-refractivity contribution in [1.82, 2.24) is 0 Å². The third-order valence-corrected chi connectivity index (χ3v) is 5.38. The van der Waals surface area contributed by atoms with Crippen LogP contribution in [0.4, 0.5) is 10.1 Å². The quantitative estimate of drug-likeness (QED) is 0.800. The van der Waals surface area contributed by atoms with Gasteiger partial charge in [-0.1, -0.05) is 6.42 Å². The molecule has 1 spiro atoms. The second-order valence-corrected chi connectivity index (χ2v) is 6.62. The van der Waals surface area contributed by atoms with Crippen molar-refractivity contribution in [3.05, 3.63) is 28.0 Å². The molecule has 0 unspecified atom stereocenters. The summed E-state index contributed by atoms with van der Waals surface area (Å²) in [5.41, 5.74) is 13.1. The first-order valence-corrected chi connectivity index (χ1v) is 8.18. The number of benzene rings is 1. The lowest BCUT2D eigenvalue weighted by Crippen LogP contribution is -2.58. The van der Waals surface area contributed by atoms with Crippen LogP contribution < -0.4 is 16.4 Å². The van der Waals surface area contributed by atoms with Gasteiger partial charge in [0.15, 0.2) is 0 Å². The number of halogens is 2. The summed E-state index contributed by atoms with van der Waals surface area (Å²) in [5.74, 6) is 0.236. The summed E-state index contributed by atoms with van der Waals surface area (Å²) in [4.78, 5) is 10.7. The topological polar surface area (TPSA) is 80.0 Å². The smallest absolute Gasteiger partial charge is 0.220 e. The van der Waals surface area contributed by atoms with Crippen LogP contribution in [-0.2, 0) is 0 Å². The van der Waals surface area contributed by atoms with Crippen molar-refractivity contribution in [1.29, 1.82) is 0 Å². The molecule has 4 N–H and O–H groups in total. The molecule has 1 aromatic rings. The second kappa shape index (κ2) is 5.53. The first-order valence-electron chi connectivity index (χ1n) is 7.39. The molecule has 1 saturated carbocycles. The van der Waals surface area contributed by atoms with Gasteiger partial charge in [-0.2, -0.15) is 4.99 Å². The summed E-state index contributed by atoms with van der Waals surface area (Å²) in [7, 11) is 0. The molecule has 1 fully saturated rings. The summed E-state index contributed by atoms with van der Waals surface area (Å²) in [6.45, 7) is 1.86. The molecule has 5 nitrogen and oxygen atoms in total. The van der Waals surface area contributed by atoms with Crippen LogP contribution in [0.3, 0.4) is 0 Å². The SMILES string of the molecule is Cc1c(N2C(N)=NC(N)=NC23CCCCC3)ccc(F)c1Br. The molecule has 118 valence electrons. The fourth-order valence-electron chi connectivity index (χ4n) is 3.35. The van der Waals surface area contributed by atoms with E-state index in [1.807, 2.05) is 11.8 Å². The van der Waals surface area contributed by atoms with E-state index in [0.29, 0.717) is 10.4 Å². The summed E-state index contributed by atoms with van der Waals surface area (Å²) in [6, 6.07) is 3.16. The average molecular weight is 368 g/mol. The molecule has 0 atom stereocenters. The van der Waals surface area contributed by atoms with E-state index in [2.05, 4.69) is 25.9 Å². The van der Waals surface area contributed by atoms with Crippen LogP contribution in [-0.4, -0.2) is 17.6 Å². The Bertz CT molecular complexity index is 664. The van der Waals surface area contributed by atoms with E-state index in [4.69, 9.17) is 11.5 Å². The van der Waals surface area contributed by atoms with Crippen LogP contribution in [0.1, 0.15) is 37.7 Å². The molecule has 1 aromatic carbocycles. The largest absolute Gasteiger partial charge is 0.369 e. The number of anilines is 1. The standard InChI is InChI=1S/C15H19BrFN5/c1-9-11(6-5-10(17)12(9)16)22-14(19)20-13(18)21-15(22)7-3-2-4-8-15/h5-6H,2-4,7-8H2,1H3,(H4,18,19,20,21). The first kappa shape index (κ1) is 15.3. The summed E-state index contributed by atoms with van der Waals surface area (Å²) >= 11 is 3.30. The average Bonchev–Trinajstić information content (AvgIpc) is 2.47. The number of rotatable bonds is 1. The summed E-state index contributed by atoms with van der Waals surface area (Å²) in [6.07, 6.45) is 5.01. The molecule has 1 aliphatic heterocycles. The van der Waals surface area contributed by atoms with Gasteiger partial charge >= 0.3 is 0 Å². The van der Waals surface area contributed by atoms with E-state index in [9.17, 15) is 4.39 Å². The molecular weight excluding hydrogens is 349 g/mol. The fraction of sp³-hybridized carbons (Fsp3) is 0.467. The highest BCUT2D eigenvalue weighted by atomic mass is 79.9. The summed E-state index contributed by atoms with van der Waals surface area (Å²) < 4.78 is 14.2. The Morgan fingerprint density at radius 2 is 1.91 bits per heavy atom. The molecule has 0 bridgehead atoms. The predicted octanol–water partition coefficient (Wildman–Crippen LogP) is 3.01. The number of hydrogen-bond donors (Lipinski definition) is 2. The Balaban J connectivity index is 2.14. The third kappa shape index (κ3) is 2.37. The molecule has 3 rings (SSSR count). The maximum atomic E-state index is 13.7. The lowest BCUT2D eigenvalue weighted by Gasteiger charge is -2.46. The van der Waals surface area contributed by atoms with Crippen molar-refractivity contribution in [2.45, 2.75) is 44.7 Å². The number of nitrogens with two attached hydrogens (primary N) is 2. The zero-order valence-corrected chi connectivity index (χ0v) is 14.0. The third-order valence-electron chi connectivity index (χ3n) is 4.40. The Kier molecular flexibility index (Phi) is 3.84. The lowest BCUT2D eigenvalue weighted by atomic mass is 9.87. The number of hydrogen-bond acceptors (Lipinski definition) is 5. The van der Waals surface area contributed by atoms with Crippen molar-refractivity contribution in [3.8, 4) is 0 Å². The highest BCUT2D eigenvalue weighted by molar-refractivity contribution is 9.10. The van der Waals surface area contributed by atoms with Gasteiger partial charge in [0.1, 0.15) is 11.5 Å². The van der Waals surface area contributed by atoms with Crippen LogP contribution in [0.2, 0.25) is 0 Å². The zero-order valence-electron chi connectivity index (χ0n) is 12.4. The molecule has 1 aliphatic carbocycles. The minimum absolute atomic E-state index is 0.217. The van der Waals surface area contributed by atoms with Gasteiger partial charge in [0, 0.05) is 0 Å². The van der Waals surface area contributed by atoms with Crippen LogP contribution in [0.15, 0.2) is 26.6 Å². The zero-order chi connectivity index (χ0) is 15.9. The fourth-order valence-corrected chi connectivity index (χ4v) is 3.69. The predicted molar refractivity (Wildman–Crippen MR) is 90.4 cm³/mol. The molecule has 0 amide bonds. The van der Waals surface area contributed by atoms with Gasteiger partial charge in [0.2, 0.25) is 11.9 Å². The van der Waals surface area contributed by atoms with Gasteiger partial charge in [-0.15, -0.1) is 0 Å². The van der Waals surface area contributed by atoms with E-state index in [1.54, 1.807) is 6.07 Å². The van der Waals surface area contributed by atoms with Gasteiger partial charge in [-0.3, -0.25) is 4.90 Å².